The predicted octanol–water partition coefficient (Wildman–Crippen LogP) is 3.77. The maximum Gasteiger partial charge on any atom is 0.258 e. The second-order valence-corrected chi connectivity index (χ2v) is 8.00. The van der Waals surface area contributed by atoms with Gasteiger partial charge in [0.05, 0.1) is 32.4 Å². The van der Waals surface area contributed by atoms with Gasteiger partial charge in [0.15, 0.2) is 16.6 Å². The van der Waals surface area contributed by atoms with Crippen molar-refractivity contribution in [2.24, 2.45) is 0 Å². The summed E-state index contributed by atoms with van der Waals surface area (Å²) in [5, 5.41) is 18.5. The van der Waals surface area contributed by atoms with Crippen molar-refractivity contribution in [3.05, 3.63) is 59.6 Å². The van der Waals surface area contributed by atoms with Crippen LogP contribution in [0.15, 0.2) is 52.7 Å². The highest BCUT2D eigenvalue weighted by atomic mass is 32.1. The number of phenolic OH excluding ortho intramolecular Hbond substituents is 1. The lowest BCUT2D eigenvalue weighted by atomic mass is 9.94. The number of allylic oxidation sites excluding steroid dienone is 1. The summed E-state index contributed by atoms with van der Waals surface area (Å²) >= 11 is 5.64. The molecule has 2 heterocycles. The van der Waals surface area contributed by atoms with Crippen molar-refractivity contribution in [3.8, 4) is 28.6 Å². The molecule has 4 rings (SSSR count). The van der Waals surface area contributed by atoms with Crippen LogP contribution in [0.5, 0.6) is 17.2 Å². The first-order valence-corrected chi connectivity index (χ1v) is 11.0. The molecule has 1 atom stereocenters. The molecule has 0 amide bonds. The Balaban J connectivity index is 1.78. The van der Waals surface area contributed by atoms with Crippen molar-refractivity contribution in [3.63, 3.8) is 0 Å². The van der Waals surface area contributed by atoms with Gasteiger partial charge in [0, 0.05) is 24.9 Å². The van der Waals surface area contributed by atoms with E-state index in [0.29, 0.717) is 35.7 Å². The molecule has 0 saturated carbocycles. The van der Waals surface area contributed by atoms with E-state index >= 15 is 0 Å². The summed E-state index contributed by atoms with van der Waals surface area (Å²) in [6.07, 6.45) is 0. The smallest absolute Gasteiger partial charge is 0.258 e. The molecule has 1 unspecified atom stereocenters. The van der Waals surface area contributed by atoms with Crippen LogP contribution < -0.4 is 14.8 Å². The number of hydrogen-bond donors (Lipinski definition) is 2. The van der Waals surface area contributed by atoms with Gasteiger partial charge in [0.1, 0.15) is 5.75 Å². The van der Waals surface area contributed by atoms with E-state index in [4.69, 9.17) is 31.0 Å². The number of phenols is 1. The van der Waals surface area contributed by atoms with E-state index in [0.717, 1.165) is 28.1 Å². The molecule has 9 nitrogen and oxygen atoms in total. The molecule has 3 aromatic rings. The van der Waals surface area contributed by atoms with Gasteiger partial charge < -0.3 is 34.1 Å². The Bertz CT molecular complexity index is 1210. The molecule has 0 fully saturated rings. The summed E-state index contributed by atoms with van der Waals surface area (Å²) in [7, 11) is 4.76. The molecule has 0 saturated heterocycles. The first kappa shape index (κ1) is 23.5. The highest BCUT2D eigenvalue weighted by Crippen LogP contribution is 2.39. The van der Waals surface area contributed by atoms with Crippen LogP contribution in [0.25, 0.3) is 17.0 Å². The van der Waals surface area contributed by atoms with Crippen LogP contribution in [0.2, 0.25) is 0 Å². The number of aromatic hydroxyl groups is 1. The highest BCUT2D eigenvalue weighted by molar-refractivity contribution is 7.80. The van der Waals surface area contributed by atoms with Gasteiger partial charge >= 0.3 is 0 Å². The number of aromatic nitrogens is 2. The van der Waals surface area contributed by atoms with Crippen LogP contribution in [0.4, 0.5) is 0 Å². The summed E-state index contributed by atoms with van der Waals surface area (Å²) in [5.74, 6) is 1.94. The number of thiocarbonyl (C=S) groups is 1. The first-order valence-electron chi connectivity index (χ1n) is 10.6. The third-order valence-electron chi connectivity index (χ3n) is 5.66. The summed E-state index contributed by atoms with van der Waals surface area (Å²) in [6.45, 7) is 2.99. The summed E-state index contributed by atoms with van der Waals surface area (Å²) in [6, 6.07) is 12.2. The minimum atomic E-state index is -0.424. The van der Waals surface area contributed by atoms with Gasteiger partial charge in [0.2, 0.25) is 5.82 Å². The molecule has 1 aromatic heterocycles. The lowest BCUT2D eigenvalue weighted by Gasteiger charge is -2.37. The SMILES string of the molecule is COCCN1C(=S)NC(c2ccc(OC)c(O)c2)C(c2nc(-c3ccc(OC)cc3)no2)=C1C. The topological polar surface area (TPSA) is 102 Å². The molecule has 10 heteroatoms. The molecular formula is C24H26N4O5S. The average molecular weight is 483 g/mol. The fourth-order valence-electron chi connectivity index (χ4n) is 3.84. The maximum absolute atomic E-state index is 10.4. The average Bonchev–Trinajstić information content (AvgIpc) is 3.33. The van der Waals surface area contributed by atoms with Crippen molar-refractivity contribution in [2.75, 3.05) is 34.5 Å². The first-order chi connectivity index (χ1) is 16.5. The zero-order valence-electron chi connectivity index (χ0n) is 19.4. The van der Waals surface area contributed by atoms with Gasteiger partial charge in [-0.25, -0.2) is 0 Å². The van der Waals surface area contributed by atoms with Crippen LogP contribution in [0.1, 0.15) is 24.4 Å². The van der Waals surface area contributed by atoms with E-state index in [1.165, 1.54) is 7.11 Å². The molecule has 0 radical (unpaired) electrons. The normalized spacial score (nSPS) is 15.9. The van der Waals surface area contributed by atoms with Gasteiger partial charge in [-0.2, -0.15) is 4.98 Å². The van der Waals surface area contributed by atoms with Crippen LogP contribution in [-0.4, -0.2) is 59.7 Å². The highest BCUT2D eigenvalue weighted by Gasteiger charge is 2.34. The molecule has 178 valence electrons. The summed E-state index contributed by atoms with van der Waals surface area (Å²) in [5.41, 5.74) is 3.17. The maximum atomic E-state index is 10.4. The van der Waals surface area contributed by atoms with Crippen molar-refractivity contribution in [2.45, 2.75) is 13.0 Å². The van der Waals surface area contributed by atoms with Crippen molar-refractivity contribution in [1.82, 2.24) is 20.4 Å². The number of rotatable bonds is 8. The van der Waals surface area contributed by atoms with E-state index in [2.05, 4.69) is 15.5 Å². The molecular weight excluding hydrogens is 456 g/mol. The number of nitrogens with one attached hydrogen (secondary N) is 1. The number of ether oxygens (including phenoxy) is 3. The zero-order valence-corrected chi connectivity index (χ0v) is 20.2. The van der Waals surface area contributed by atoms with Gasteiger partial charge in [-0.15, -0.1) is 0 Å². The fraction of sp³-hybridized carbons (Fsp3) is 0.292. The van der Waals surface area contributed by atoms with Gasteiger partial charge in [-0.1, -0.05) is 11.2 Å². The Kier molecular flexibility index (Phi) is 6.99. The standard InChI is InChI=1S/C24H26N4O5S/c1-14-20(23-26-22(27-33-23)15-5-8-17(31-3)9-6-15)21(25-24(34)28(14)11-12-30-2)16-7-10-19(32-4)18(29)13-16/h5-10,13,21,29H,11-12H2,1-4H3,(H,25,34). The lowest BCUT2D eigenvalue weighted by Crippen LogP contribution is -2.47. The van der Waals surface area contributed by atoms with E-state index in [-0.39, 0.29) is 5.75 Å². The van der Waals surface area contributed by atoms with E-state index < -0.39 is 6.04 Å². The van der Waals surface area contributed by atoms with E-state index in [9.17, 15) is 5.11 Å². The van der Waals surface area contributed by atoms with E-state index in [1.54, 1.807) is 26.4 Å². The van der Waals surface area contributed by atoms with Crippen LogP contribution in [-0.2, 0) is 4.74 Å². The minimum Gasteiger partial charge on any atom is -0.504 e. The largest absolute Gasteiger partial charge is 0.504 e. The number of hydrogen-bond acceptors (Lipinski definition) is 8. The van der Waals surface area contributed by atoms with Gasteiger partial charge in [-0.3, -0.25) is 0 Å². The molecule has 0 bridgehead atoms. The third kappa shape index (κ3) is 4.55. The molecule has 1 aliphatic heterocycles. The van der Waals surface area contributed by atoms with Gasteiger partial charge in [0.25, 0.3) is 5.89 Å². The predicted molar refractivity (Wildman–Crippen MR) is 131 cm³/mol. The van der Waals surface area contributed by atoms with Crippen molar-refractivity contribution >= 4 is 22.9 Å². The zero-order chi connectivity index (χ0) is 24.2. The van der Waals surface area contributed by atoms with E-state index in [1.807, 2.05) is 42.2 Å². The van der Waals surface area contributed by atoms with Crippen molar-refractivity contribution in [1.29, 1.82) is 0 Å². The molecule has 2 aromatic carbocycles. The summed E-state index contributed by atoms with van der Waals surface area (Å²) < 4.78 is 21.4. The Morgan fingerprint density at radius 3 is 2.53 bits per heavy atom. The van der Waals surface area contributed by atoms with Crippen molar-refractivity contribution < 1.29 is 23.8 Å². The Labute approximate surface area is 202 Å². The Hall–Kier alpha value is -3.63. The molecule has 1 aliphatic rings. The molecule has 0 spiro atoms. The quantitative estimate of drug-likeness (QED) is 0.461. The Morgan fingerprint density at radius 1 is 1.12 bits per heavy atom. The fourth-order valence-corrected chi connectivity index (χ4v) is 4.18. The Morgan fingerprint density at radius 2 is 1.88 bits per heavy atom. The number of nitrogens with zero attached hydrogens (tertiary/aromatic N) is 3. The summed E-state index contributed by atoms with van der Waals surface area (Å²) in [4.78, 5) is 6.61. The third-order valence-corrected chi connectivity index (χ3v) is 5.99. The van der Waals surface area contributed by atoms with Crippen LogP contribution >= 0.6 is 12.2 Å². The number of methoxy groups -OCH3 is 3. The number of benzene rings is 2. The van der Waals surface area contributed by atoms with Crippen LogP contribution in [0, 0.1) is 0 Å². The molecule has 34 heavy (non-hydrogen) atoms. The van der Waals surface area contributed by atoms with Gasteiger partial charge in [-0.05, 0) is 61.1 Å². The monoisotopic (exact) mass is 482 g/mol. The second-order valence-electron chi connectivity index (χ2n) is 7.61. The lowest BCUT2D eigenvalue weighted by molar-refractivity contribution is 0.183. The molecule has 2 N–H and O–H groups in total. The minimum absolute atomic E-state index is 0.0241. The second kappa shape index (κ2) is 10.1. The van der Waals surface area contributed by atoms with Crippen LogP contribution in [0.3, 0.4) is 0 Å². The molecule has 0 aliphatic carbocycles.